The monoisotopic (exact) mass is 466 g/mol. The summed E-state index contributed by atoms with van der Waals surface area (Å²) in [5.41, 5.74) is 4.99. The van der Waals surface area contributed by atoms with E-state index >= 15 is 0 Å². The van der Waals surface area contributed by atoms with Gasteiger partial charge in [-0.3, -0.25) is 4.90 Å². The zero-order valence-corrected chi connectivity index (χ0v) is 19.4. The average Bonchev–Trinajstić information content (AvgIpc) is 3.46. The van der Waals surface area contributed by atoms with Gasteiger partial charge in [-0.25, -0.2) is 0 Å². The van der Waals surface area contributed by atoms with Gasteiger partial charge in [0.2, 0.25) is 0 Å². The molecular weight excluding hydrogens is 440 g/mol. The molecule has 1 N–H and O–H groups in total. The minimum absolute atomic E-state index is 0.214. The van der Waals surface area contributed by atoms with Crippen LogP contribution in [0, 0.1) is 0 Å². The molecule has 0 aliphatic carbocycles. The Morgan fingerprint density at radius 3 is 2.76 bits per heavy atom. The molecule has 0 saturated carbocycles. The molecule has 1 aliphatic heterocycles. The number of aliphatic hydroxyl groups excluding tert-OH is 1. The molecule has 0 fully saturated rings. The molecule has 172 valence electrons. The van der Waals surface area contributed by atoms with E-state index in [1.807, 2.05) is 41.8 Å². The number of hydrogen-bond acceptors (Lipinski definition) is 8. The van der Waals surface area contributed by atoms with Gasteiger partial charge in [-0.2, -0.15) is 0 Å². The Bertz CT molecular complexity index is 1250. The fourth-order valence-electron chi connectivity index (χ4n) is 4.24. The van der Waals surface area contributed by atoms with Gasteiger partial charge in [-0.1, -0.05) is 17.3 Å². The number of hydrogen-bond donors (Lipinski definition) is 1. The molecule has 1 atom stereocenters. The molecule has 0 amide bonds. The van der Waals surface area contributed by atoms with Crippen LogP contribution in [0.1, 0.15) is 11.1 Å². The Kier molecular flexibility index (Phi) is 6.22. The van der Waals surface area contributed by atoms with Crippen LogP contribution in [0.4, 0.5) is 0 Å². The fourth-order valence-corrected chi connectivity index (χ4v) is 5.05. The van der Waals surface area contributed by atoms with Crippen LogP contribution in [0.5, 0.6) is 17.2 Å². The predicted molar refractivity (Wildman–Crippen MR) is 127 cm³/mol. The topological polar surface area (TPSA) is 77.2 Å². The molecule has 0 spiro atoms. The van der Waals surface area contributed by atoms with E-state index in [1.165, 1.54) is 11.1 Å². The van der Waals surface area contributed by atoms with Crippen LogP contribution in [0.25, 0.3) is 21.5 Å². The first-order valence-corrected chi connectivity index (χ1v) is 11.7. The van der Waals surface area contributed by atoms with Gasteiger partial charge in [0, 0.05) is 25.2 Å². The summed E-state index contributed by atoms with van der Waals surface area (Å²) in [6, 6.07) is 13.7. The molecule has 0 radical (unpaired) electrons. The molecule has 33 heavy (non-hydrogen) atoms. The normalized spacial score (nSPS) is 14.8. The van der Waals surface area contributed by atoms with Gasteiger partial charge >= 0.3 is 0 Å². The highest BCUT2D eigenvalue weighted by atomic mass is 32.1. The third kappa shape index (κ3) is 4.55. The van der Waals surface area contributed by atoms with E-state index in [-0.39, 0.29) is 6.61 Å². The molecule has 0 bridgehead atoms. The first-order valence-electron chi connectivity index (χ1n) is 10.8. The second-order valence-corrected chi connectivity index (χ2v) is 9.01. The van der Waals surface area contributed by atoms with E-state index in [1.54, 1.807) is 25.6 Å². The summed E-state index contributed by atoms with van der Waals surface area (Å²) in [5, 5.41) is 16.8. The van der Waals surface area contributed by atoms with Crippen LogP contribution in [0.15, 0.2) is 52.4 Å². The largest absolute Gasteiger partial charge is 0.493 e. The minimum atomic E-state index is -0.605. The van der Waals surface area contributed by atoms with E-state index in [2.05, 4.69) is 16.1 Å². The first-order chi connectivity index (χ1) is 16.1. The highest BCUT2D eigenvalue weighted by molar-refractivity contribution is 7.17. The van der Waals surface area contributed by atoms with Crippen molar-refractivity contribution in [3.8, 4) is 28.5 Å². The summed E-state index contributed by atoms with van der Waals surface area (Å²) < 4.78 is 23.2. The van der Waals surface area contributed by atoms with Crippen molar-refractivity contribution in [1.82, 2.24) is 10.1 Å². The highest BCUT2D eigenvalue weighted by Gasteiger charge is 2.21. The van der Waals surface area contributed by atoms with Gasteiger partial charge in [0.15, 0.2) is 17.1 Å². The maximum atomic E-state index is 10.6. The third-order valence-electron chi connectivity index (χ3n) is 5.90. The smallest absolute Gasteiger partial charge is 0.178 e. The molecule has 4 aromatic rings. The number of methoxy groups -OCH3 is 2. The Morgan fingerprint density at radius 1 is 1.12 bits per heavy atom. The molecule has 0 saturated heterocycles. The fraction of sp³-hybridized carbons (Fsp3) is 0.320. The minimum Gasteiger partial charge on any atom is -0.493 e. The Morgan fingerprint density at radius 2 is 1.94 bits per heavy atom. The number of fused-ring (bicyclic) bond motifs is 2. The summed E-state index contributed by atoms with van der Waals surface area (Å²) in [4.78, 5) is 2.24. The van der Waals surface area contributed by atoms with Gasteiger partial charge in [-0.05, 0) is 53.3 Å². The summed E-state index contributed by atoms with van der Waals surface area (Å²) in [6.45, 7) is 2.38. The van der Waals surface area contributed by atoms with Crippen molar-refractivity contribution in [2.75, 3.05) is 33.9 Å². The molecule has 3 heterocycles. The Balaban J connectivity index is 1.19. The maximum Gasteiger partial charge on any atom is 0.178 e. The number of benzene rings is 2. The molecule has 1 unspecified atom stereocenters. The number of β-amino-alcohol motifs (C(OH)–C–C–N with tert-alkyl or cyclic N) is 1. The first kappa shape index (κ1) is 21.8. The lowest BCUT2D eigenvalue weighted by Gasteiger charge is -2.31. The molecule has 5 rings (SSSR count). The number of thiophene rings is 1. The number of aliphatic hydroxyl groups is 1. The van der Waals surface area contributed by atoms with Crippen LogP contribution in [-0.2, 0) is 13.0 Å². The average molecular weight is 467 g/mol. The van der Waals surface area contributed by atoms with Gasteiger partial charge in [0.1, 0.15) is 28.9 Å². The number of ether oxygens (including phenoxy) is 3. The van der Waals surface area contributed by atoms with Gasteiger partial charge in [0.05, 0.1) is 14.2 Å². The van der Waals surface area contributed by atoms with Crippen LogP contribution in [-0.4, -0.2) is 55.2 Å². The number of nitrogens with zero attached hydrogens (tertiary/aromatic N) is 2. The lowest BCUT2D eigenvalue weighted by molar-refractivity contribution is 0.0637. The molecule has 2 aromatic heterocycles. The van der Waals surface area contributed by atoms with Gasteiger partial charge < -0.3 is 23.8 Å². The van der Waals surface area contributed by atoms with E-state index in [0.29, 0.717) is 12.3 Å². The van der Waals surface area contributed by atoms with Crippen molar-refractivity contribution in [1.29, 1.82) is 0 Å². The summed E-state index contributed by atoms with van der Waals surface area (Å²) in [5.74, 6) is 2.18. The second-order valence-electron chi connectivity index (χ2n) is 8.10. The quantitative estimate of drug-likeness (QED) is 0.413. The van der Waals surface area contributed by atoms with E-state index in [9.17, 15) is 5.11 Å². The SMILES string of the molecule is COc1cc2c(cc1OC)CN(CC(O)COc1cccc(-c3noc4ccsc34)c1)CC2. The molecule has 1 aliphatic rings. The van der Waals surface area contributed by atoms with Crippen molar-refractivity contribution in [2.24, 2.45) is 0 Å². The lowest BCUT2D eigenvalue weighted by atomic mass is 9.98. The van der Waals surface area contributed by atoms with Crippen molar-refractivity contribution >= 4 is 21.6 Å². The Hall–Kier alpha value is -3.07. The van der Waals surface area contributed by atoms with Crippen molar-refractivity contribution < 1.29 is 23.8 Å². The van der Waals surface area contributed by atoms with Crippen LogP contribution < -0.4 is 14.2 Å². The molecule has 8 heteroatoms. The molecule has 2 aromatic carbocycles. The summed E-state index contributed by atoms with van der Waals surface area (Å²) in [7, 11) is 3.30. The van der Waals surface area contributed by atoms with Crippen molar-refractivity contribution in [3.05, 3.63) is 59.0 Å². The van der Waals surface area contributed by atoms with E-state index in [4.69, 9.17) is 18.7 Å². The molecular formula is C25H26N2O5S. The molecule has 7 nitrogen and oxygen atoms in total. The van der Waals surface area contributed by atoms with Crippen molar-refractivity contribution in [3.63, 3.8) is 0 Å². The Labute approximate surface area is 196 Å². The summed E-state index contributed by atoms with van der Waals surface area (Å²) >= 11 is 1.60. The van der Waals surface area contributed by atoms with Gasteiger partial charge in [-0.15, -0.1) is 11.3 Å². The van der Waals surface area contributed by atoms with Gasteiger partial charge in [0.25, 0.3) is 0 Å². The standard InChI is InChI=1S/C25H26N2O5S/c1-29-22-11-16-6-8-27(13-18(16)12-23(22)30-2)14-19(28)15-31-20-5-3-4-17(10-20)24-25-21(32-26-24)7-9-33-25/h3-5,7,9-12,19,28H,6,8,13-15H2,1-2H3. The van der Waals surface area contributed by atoms with Crippen molar-refractivity contribution in [2.45, 2.75) is 19.1 Å². The number of aromatic nitrogens is 1. The van der Waals surface area contributed by atoms with Crippen LogP contribution >= 0.6 is 11.3 Å². The predicted octanol–water partition coefficient (Wildman–Crippen LogP) is 4.37. The van der Waals surface area contributed by atoms with Crippen LogP contribution in [0.2, 0.25) is 0 Å². The third-order valence-corrected chi connectivity index (χ3v) is 6.80. The van der Waals surface area contributed by atoms with E-state index < -0.39 is 6.10 Å². The zero-order valence-electron chi connectivity index (χ0n) is 18.6. The number of rotatable bonds is 8. The van der Waals surface area contributed by atoms with Crippen LogP contribution in [0.3, 0.4) is 0 Å². The second kappa shape index (κ2) is 9.43. The van der Waals surface area contributed by atoms with E-state index in [0.717, 1.165) is 52.5 Å². The maximum absolute atomic E-state index is 10.6. The summed E-state index contributed by atoms with van der Waals surface area (Å²) in [6.07, 6.45) is 0.298. The highest BCUT2D eigenvalue weighted by Crippen LogP contribution is 2.34. The zero-order chi connectivity index (χ0) is 22.8. The lowest BCUT2D eigenvalue weighted by Crippen LogP contribution is -2.38.